The minimum atomic E-state index is -5.37. The molecule has 9 heteroatoms. The fraction of sp³-hybridized carbons (Fsp3) is 0.400. The van der Waals surface area contributed by atoms with Gasteiger partial charge in [0.25, 0.3) is 0 Å². The van der Waals surface area contributed by atoms with Crippen LogP contribution >= 0.6 is 0 Å². The van der Waals surface area contributed by atoms with Gasteiger partial charge in [0.15, 0.2) is 5.78 Å². The van der Waals surface area contributed by atoms with E-state index < -0.39 is 41.9 Å². The number of alkyl halides is 4. The maximum Gasteiger partial charge on any atom is 0.396 e. The van der Waals surface area contributed by atoms with Crippen LogP contribution in [0.25, 0.3) is 0 Å². The van der Waals surface area contributed by atoms with E-state index in [-0.39, 0.29) is 5.56 Å². The minimum Gasteiger partial charge on any atom is -0.466 e. The van der Waals surface area contributed by atoms with Crippen molar-refractivity contribution in [2.45, 2.75) is 18.3 Å². The third-order valence-electron chi connectivity index (χ3n) is 3.33. The Labute approximate surface area is 134 Å². The molecular formula is C15H14F4O5. The summed E-state index contributed by atoms with van der Waals surface area (Å²) in [5, 5.41) is 0. The first-order chi connectivity index (χ1) is 11.1. The van der Waals surface area contributed by atoms with Crippen molar-refractivity contribution < 1.29 is 41.4 Å². The number of esters is 2. The van der Waals surface area contributed by atoms with Crippen LogP contribution in [0, 0.1) is 5.92 Å². The van der Waals surface area contributed by atoms with Gasteiger partial charge >= 0.3 is 23.8 Å². The molecule has 0 aliphatic heterocycles. The molecule has 24 heavy (non-hydrogen) atoms. The molecule has 0 aliphatic rings. The summed E-state index contributed by atoms with van der Waals surface area (Å²) in [7, 11) is 1.23. The van der Waals surface area contributed by atoms with Crippen LogP contribution in [0.5, 0.6) is 0 Å². The quantitative estimate of drug-likeness (QED) is 0.341. The van der Waals surface area contributed by atoms with Gasteiger partial charge in [-0.05, 0) is 0 Å². The van der Waals surface area contributed by atoms with Crippen molar-refractivity contribution in [3.8, 4) is 0 Å². The van der Waals surface area contributed by atoms with Gasteiger partial charge < -0.3 is 9.47 Å². The average molecular weight is 350 g/mol. The summed E-state index contributed by atoms with van der Waals surface area (Å²) >= 11 is 0. The molecule has 0 bridgehead atoms. The van der Waals surface area contributed by atoms with E-state index in [1.54, 1.807) is 0 Å². The van der Waals surface area contributed by atoms with Gasteiger partial charge in [0.1, 0.15) is 5.92 Å². The largest absolute Gasteiger partial charge is 0.466 e. The molecule has 1 aromatic rings. The zero-order chi connectivity index (χ0) is 18.5. The highest BCUT2D eigenvalue weighted by Crippen LogP contribution is 2.41. The summed E-state index contributed by atoms with van der Waals surface area (Å²) in [5.41, 5.74) is -4.31. The Balaban J connectivity index is 3.31. The number of benzene rings is 1. The van der Waals surface area contributed by atoms with Crippen molar-refractivity contribution in [3.05, 3.63) is 35.9 Å². The van der Waals surface area contributed by atoms with Crippen LogP contribution < -0.4 is 0 Å². The second kappa shape index (κ2) is 7.41. The molecule has 5 nitrogen and oxygen atoms in total. The van der Waals surface area contributed by atoms with Crippen LogP contribution in [0.1, 0.15) is 16.8 Å². The summed E-state index contributed by atoms with van der Waals surface area (Å²) < 4.78 is 62.6. The second-order valence-electron chi connectivity index (χ2n) is 4.78. The number of ether oxygens (including phenoxy) is 2. The molecule has 1 atom stereocenters. The Morgan fingerprint density at radius 1 is 0.958 bits per heavy atom. The maximum atomic E-state index is 14.8. The lowest BCUT2D eigenvalue weighted by Crippen LogP contribution is -2.55. The van der Waals surface area contributed by atoms with Crippen LogP contribution in [-0.4, -0.2) is 43.8 Å². The van der Waals surface area contributed by atoms with Crippen molar-refractivity contribution >= 4 is 17.7 Å². The summed E-state index contributed by atoms with van der Waals surface area (Å²) in [6.07, 6.45) is -6.84. The number of carbonyl (C=O) groups is 3. The highest BCUT2D eigenvalue weighted by molar-refractivity contribution is 6.05. The van der Waals surface area contributed by atoms with Crippen LogP contribution in [0.15, 0.2) is 30.3 Å². The van der Waals surface area contributed by atoms with Gasteiger partial charge in [0, 0.05) is 12.0 Å². The van der Waals surface area contributed by atoms with Gasteiger partial charge in [0.05, 0.1) is 14.2 Å². The van der Waals surface area contributed by atoms with Crippen molar-refractivity contribution in [1.29, 1.82) is 0 Å². The molecular weight excluding hydrogens is 336 g/mol. The molecule has 0 spiro atoms. The molecule has 1 aromatic carbocycles. The molecule has 0 N–H and O–H groups in total. The first-order valence-electron chi connectivity index (χ1n) is 6.59. The van der Waals surface area contributed by atoms with E-state index in [4.69, 9.17) is 0 Å². The highest BCUT2D eigenvalue weighted by Gasteiger charge is 2.65. The van der Waals surface area contributed by atoms with Crippen molar-refractivity contribution in [2.24, 2.45) is 5.92 Å². The number of rotatable bonds is 6. The van der Waals surface area contributed by atoms with Crippen molar-refractivity contribution in [3.63, 3.8) is 0 Å². The van der Waals surface area contributed by atoms with Crippen molar-refractivity contribution in [1.82, 2.24) is 0 Å². The normalized spacial score (nSPS) is 13.1. The van der Waals surface area contributed by atoms with Crippen LogP contribution in [0.2, 0.25) is 0 Å². The number of halogens is 4. The third-order valence-corrected chi connectivity index (χ3v) is 3.33. The monoisotopic (exact) mass is 350 g/mol. The smallest absolute Gasteiger partial charge is 0.396 e. The minimum absolute atomic E-state index is 0.121. The van der Waals surface area contributed by atoms with Gasteiger partial charge in [-0.25, -0.2) is 14.0 Å². The number of ketones is 1. The van der Waals surface area contributed by atoms with Gasteiger partial charge in [-0.2, -0.15) is 13.2 Å². The van der Waals surface area contributed by atoms with E-state index in [2.05, 4.69) is 9.47 Å². The number of Topliss-reactive ketones (excluding diaryl/α,β-unsaturated/α-hetero) is 1. The molecule has 0 amide bonds. The molecule has 0 fully saturated rings. The van der Waals surface area contributed by atoms with Crippen LogP contribution in [0.4, 0.5) is 17.6 Å². The summed E-state index contributed by atoms with van der Waals surface area (Å²) in [5.74, 6) is -8.51. The van der Waals surface area contributed by atoms with Crippen LogP contribution in [0.3, 0.4) is 0 Å². The lowest BCUT2D eigenvalue weighted by atomic mass is 9.83. The third kappa shape index (κ3) is 3.90. The lowest BCUT2D eigenvalue weighted by molar-refractivity contribution is -0.224. The number of carbonyl (C=O) groups excluding carboxylic acids is 3. The Hall–Kier alpha value is -2.45. The zero-order valence-corrected chi connectivity index (χ0v) is 12.7. The summed E-state index contributed by atoms with van der Waals surface area (Å²) in [6, 6.07) is 6.79. The lowest BCUT2D eigenvalue weighted by Gasteiger charge is -2.30. The first kappa shape index (κ1) is 19.6. The predicted molar refractivity (Wildman–Crippen MR) is 72.8 cm³/mol. The molecule has 0 heterocycles. The highest BCUT2D eigenvalue weighted by atomic mass is 19.4. The number of hydrogen-bond donors (Lipinski definition) is 0. The fourth-order valence-electron chi connectivity index (χ4n) is 2.07. The van der Waals surface area contributed by atoms with Gasteiger partial charge in [-0.1, -0.05) is 30.3 Å². The van der Waals surface area contributed by atoms with Gasteiger partial charge in [-0.3, -0.25) is 4.79 Å². The van der Waals surface area contributed by atoms with Crippen LogP contribution in [-0.2, 0) is 19.1 Å². The van der Waals surface area contributed by atoms with Crippen molar-refractivity contribution in [2.75, 3.05) is 14.2 Å². The van der Waals surface area contributed by atoms with Gasteiger partial charge in [0.2, 0.25) is 0 Å². The summed E-state index contributed by atoms with van der Waals surface area (Å²) in [6.45, 7) is 0. The molecule has 0 saturated carbocycles. The number of hydrogen-bond acceptors (Lipinski definition) is 5. The van der Waals surface area contributed by atoms with E-state index in [9.17, 15) is 31.9 Å². The molecule has 1 rings (SSSR count). The van der Waals surface area contributed by atoms with Gasteiger partial charge in [-0.15, -0.1) is 0 Å². The summed E-state index contributed by atoms with van der Waals surface area (Å²) in [4.78, 5) is 35.1. The Morgan fingerprint density at radius 3 is 1.79 bits per heavy atom. The predicted octanol–water partition coefficient (Wildman–Crippen LogP) is 2.49. The number of methoxy groups -OCH3 is 2. The van der Waals surface area contributed by atoms with E-state index in [1.807, 2.05) is 0 Å². The maximum absolute atomic E-state index is 14.8. The van der Waals surface area contributed by atoms with E-state index in [0.717, 1.165) is 0 Å². The standard InChI is InChI=1S/C15H14F4O5/c1-23-12(21)14(16,13(22)24-2)11(15(17,18)19)8-10(20)9-6-4-3-5-7-9/h3-7,11H,8H2,1-2H3/t11-/m0/s1. The molecule has 0 radical (unpaired) electrons. The Morgan fingerprint density at radius 2 is 1.42 bits per heavy atom. The average Bonchev–Trinajstić information content (AvgIpc) is 2.56. The molecule has 132 valence electrons. The Kier molecular flexibility index (Phi) is 6.05. The molecule has 0 unspecified atom stereocenters. The zero-order valence-electron chi connectivity index (χ0n) is 12.7. The van der Waals surface area contributed by atoms with E-state index in [0.29, 0.717) is 14.2 Å². The topological polar surface area (TPSA) is 69.7 Å². The van der Waals surface area contributed by atoms with E-state index in [1.165, 1.54) is 30.3 Å². The second-order valence-corrected chi connectivity index (χ2v) is 4.78. The Bertz CT molecular complexity index is 596. The molecule has 0 aliphatic carbocycles. The fourth-order valence-corrected chi connectivity index (χ4v) is 2.07. The van der Waals surface area contributed by atoms with E-state index >= 15 is 0 Å². The SMILES string of the molecule is COC(=O)C(F)(C(=O)OC)[C@H](CC(=O)c1ccccc1)C(F)(F)F. The molecule has 0 aromatic heterocycles. The molecule has 0 saturated heterocycles. The first-order valence-corrected chi connectivity index (χ1v) is 6.59.